The van der Waals surface area contributed by atoms with E-state index in [1.807, 2.05) is 13.0 Å². The number of hydrogen-bond acceptors (Lipinski definition) is 3. The minimum absolute atomic E-state index is 0.284. The molecule has 1 aromatic carbocycles. The fraction of sp³-hybridized carbons (Fsp3) is 0.571. The third-order valence-corrected chi connectivity index (χ3v) is 6.11. The molecule has 0 aromatic heterocycles. The Balaban J connectivity index is 2.28. The van der Waals surface area contributed by atoms with Crippen molar-refractivity contribution < 1.29 is 13.2 Å². The average Bonchev–Trinajstić information content (AvgIpc) is 2.88. The van der Waals surface area contributed by atoms with Crippen LogP contribution in [-0.4, -0.2) is 39.5 Å². The second-order valence-corrected chi connectivity index (χ2v) is 7.32. The van der Waals surface area contributed by atoms with Gasteiger partial charge in [0, 0.05) is 26.1 Å². The van der Waals surface area contributed by atoms with Crippen LogP contribution in [0.15, 0.2) is 23.1 Å². The first-order valence-electron chi connectivity index (χ1n) is 6.64. The molecule has 1 saturated heterocycles. The Bertz CT molecular complexity index is 574. The van der Waals surface area contributed by atoms with E-state index in [1.165, 1.54) is 0 Å². The molecule has 0 amide bonds. The van der Waals surface area contributed by atoms with Crippen LogP contribution in [0.1, 0.15) is 17.5 Å². The number of ether oxygens (including phenoxy) is 1. The van der Waals surface area contributed by atoms with Crippen LogP contribution in [0, 0.1) is 12.8 Å². The molecule has 20 heavy (non-hydrogen) atoms. The summed E-state index contributed by atoms with van der Waals surface area (Å²) in [5.41, 5.74) is 1.61. The molecule has 1 aromatic rings. The van der Waals surface area contributed by atoms with Gasteiger partial charge in [0.15, 0.2) is 0 Å². The second-order valence-electron chi connectivity index (χ2n) is 5.15. The fourth-order valence-electron chi connectivity index (χ4n) is 2.61. The van der Waals surface area contributed by atoms with E-state index >= 15 is 0 Å². The van der Waals surface area contributed by atoms with E-state index in [-0.39, 0.29) is 5.92 Å². The maximum absolute atomic E-state index is 12.7. The van der Waals surface area contributed by atoms with Crippen LogP contribution in [0.5, 0.6) is 0 Å². The number of hydrogen-bond donors (Lipinski definition) is 0. The van der Waals surface area contributed by atoms with E-state index < -0.39 is 10.0 Å². The molecule has 0 bridgehead atoms. The van der Waals surface area contributed by atoms with Crippen molar-refractivity contribution in [3.05, 3.63) is 29.3 Å². The van der Waals surface area contributed by atoms with Gasteiger partial charge in [0.1, 0.15) is 0 Å². The summed E-state index contributed by atoms with van der Waals surface area (Å²) >= 11 is 5.85. The first-order valence-corrected chi connectivity index (χ1v) is 8.61. The van der Waals surface area contributed by atoms with Crippen LogP contribution in [0.3, 0.4) is 0 Å². The Hall–Kier alpha value is -0.620. The number of benzene rings is 1. The Labute approximate surface area is 125 Å². The van der Waals surface area contributed by atoms with Crippen molar-refractivity contribution in [3.8, 4) is 0 Å². The maximum atomic E-state index is 12.7. The van der Waals surface area contributed by atoms with E-state index in [4.69, 9.17) is 16.3 Å². The predicted octanol–water partition coefficient (Wildman–Crippen LogP) is 2.39. The largest absolute Gasteiger partial charge is 0.384 e. The predicted molar refractivity (Wildman–Crippen MR) is 79.5 cm³/mol. The minimum Gasteiger partial charge on any atom is -0.384 e. The quantitative estimate of drug-likeness (QED) is 0.783. The summed E-state index contributed by atoms with van der Waals surface area (Å²) < 4.78 is 32.1. The summed E-state index contributed by atoms with van der Waals surface area (Å²) in [5.74, 6) is 0.605. The van der Waals surface area contributed by atoms with Crippen molar-refractivity contribution >= 4 is 21.6 Å². The minimum atomic E-state index is -3.43. The highest BCUT2D eigenvalue weighted by Gasteiger charge is 2.33. The second kappa shape index (κ2) is 6.43. The van der Waals surface area contributed by atoms with Crippen molar-refractivity contribution in [1.82, 2.24) is 4.31 Å². The highest BCUT2D eigenvalue weighted by molar-refractivity contribution is 7.89. The highest BCUT2D eigenvalue weighted by atomic mass is 35.5. The Morgan fingerprint density at radius 2 is 2.20 bits per heavy atom. The van der Waals surface area contributed by atoms with Gasteiger partial charge < -0.3 is 4.74 Å². The van der Waals surface area contributed by atoms with Crippen molar-refractivity contribution in [3.63, 3.8) is 0 Å². The van der Waals surface area contributed by atoms with Gasteiger partial charge in [0.05, 0.1) is 11.5 Å². The van der Waals surface area contributed by atoms with Gasteiger partial charge in [0.25, 0.3) is 0 Å². The van der Waals surface area contributed by atoms with Gasteiger partial charge in [-0.05, 0) is 36.5 Å². The lowest BCUT2D eigenvalue weighted by molar-refractivity contribution is 0.157. The van der Waals surface area contributed by atoms with E-state index in [1.54, 1.807) is 23.5 Å². The highest BCUT2D eigenvalue weighted by Crippen LogP contribution is 2.28. The Morgan fingerprint density at radius 1 is 1.45 bits per heavy atom. The zero-order valence-corrected chi connectivity index (χ0v) is 13.4. The Morgan fingerprint density at radius 3 is 2.85 bits per heavy atom. The molecular formula is C14H20ClNO3S. The lowest BCUT2D eigenvalue weighted by Gasteiger charge is -2.19. The summed E-state index contributed by atoms with van der Waals surface area (Å²) in [6.07, 6.45) is 0.849. The van der Waals surface area contributed by atoms with E-state index in [0.29, 0.717) is 30.5 Å². The number of rotatable bonds is 5. The van der Waals surface area contributed by atoms with Crippen LogP contribution in [-0.2, 0) is 20.6 Å². The monoisotopic (exact) mass is 317 g/mol. The van der Waals surface area contributed by atoms with Crippen LogP contribution >= 0.6 is 11.6 Å². The summed E-state index contributed by atoms with van der Waals surface area (Å²) in [6, 6.07) is 5.27. The summed E-state index contributed by atoms with van der Waals surface area (Å²) in [6.45, 7) is 3.50. The molecule has 0 aliphatic carbocycles. The topological polar surface area (TPSA) is 46.6 Å². The van der Waals surface area contributed by atoms with Gasteiger partial charge in [-0.2, -0.15) is 4.31 Å². The number of sulfonamides is 1. The molecule has 112 valence electrons. The van der Waals surface area contributed by atoms with Crippen molar-refractivity contribution in [1.29, 1.82) is 0 Å². The Kier molecular flexibility index (Phi) is 5.07. The molecule has 0 radical (unpaired) electrons. The SMILES string of the molecule is COCC1CCN(S(=O)(=O)c2cccc(CCl)c2C)C1. The smallest absolute Gasteiger partial charge is 0.243 e. The standard InChI is InChI=1S/C14H20ClNO3S/c1-11-13(8-15)4-3-5-14(11)20(17,18)16-7-6-12(9-16)10-19-2/h3-5,12H,6-10H2,1-2H3. The van der Waals surface area contributed by atoms with Gasteiger partial charge in [-0.25, -0.2) is 8.42 Å². The van der Waals surface area contributed by atoms with E-state index in [9.17, 15) is 8.42 Å². The lowest BCUT2D eigenvalue weighted by Crippen LogP contribution is -2.30. The molecule has 0 N–H and O–H groups in total. The zero-order chi connectivity index (χ0) is 14.8. The van der Waals surface area contributed by atoms with Gasteiger partial charge >= 0.3 is 0 Å². The number of nitrogens with zero attached hydrogens (tertiary/aromatic N) is 1. The van der Waals surface area contributed by atoms with E-state index in [0.717, 1.165) is 17.5 Å². The van der Waals surface area contributed by atoms with Gasteiger partial charge in [0.2, 0.25) is 10.0 Å². The normalized spacial score (nSPS) is 20.4. The van der Waals surface area contributed by atoms with Crippen molar-refractivity contribution in [2.75, 3.05) is 26.8 Å². The maximum Gasteiger partial charge on any atom is 0.243 e. The van der Waals surface area contributed by atoms with Crippen LogP contribution in [0.2, 0.25) is 0 Å². The third-order valence-electron chi connectivity index (χ3n) is 3.81. The van der Waals surface area contributed by atoms with Gasteiger partial charge in [-0.3, -0.25) is 0 Å². The lowest BCUT2D eigenvalue weighted by atomic mass is 10.1. The molecule has 0 saturated carbocycles. The summed E-state index contributed by atoms with van der Waals surface area (Å²) in [7, 11) is -1.79. The van der Waals surface area contributed by atoms with Crippen molar-refractivity contribution in [2.45, 2.75) is 24.1 Å². The first-order chi connectivity index (χ1) is 9.50. The van der Waals surface area contributed by atoms with E-state index in [2.05, 4.69) is 0 Å². The molecule has 6 heteroatoms. The number of halogens is 1. The average molecular weight is 318 g/mol. The molecule has 1 heterocycles. The number of alkyl halides is 1. The number of methoxy groups -OCH3 is 1. The van der Waals surface area contributed by atoms with Crippen LogP contribution in [0.25, 0.3) is 0 Å². The molecular weight excluding hydrogens is 298 g/mol. The third kappa shape index (κ3) is 3.01. The molecule has 1 aliphatic rings. The fourth-order valence-corrected chi connectivity index (χ4v) is 4.70. The molecule has 1 unspecified atom stereocenters. The van der Waals surface area contributed by atoms with Crippen molar-refractivity contribution in [2.24, 2.45) is 5.92 Å². The zero-order valence-electron chi connectivity index (χ0n) is 11.8. The summed E-state index contributed by atoms with van der Waals surface area (Å²) in [4.78, 5) is 0.369. The molecule has 0 spiro atoms. The molecule has 1 atom stereocenters. The first kappa shape index (κ1) is 15.8. The molecule has 2 rings (SSSR count). The van der Waals surface area contributed by atoms with Gasteiger partial charge in [-0.1, -0.05) is 12.1 Å². The molecule has 1 fully saturated rings. The van der Waals surface area contributed by atoms with Crippen LogP contribution < -0.4 is 0 Å². The van der Waals surface area contributed by atoms with Crippen LogP contribution in [0.4, 0.5) is 0 Å². The summed E-state index contributed by atoms with van der Waals surface area (Å²) in [5, 5.41) is 0. The van der Waals surface area contributed by atoms with Gasteiger partial charge in [-0.15, -0.1) is 11.6 Å². The molecule has 1 aliphatic heterocycles. The molecule has 4 nitrogen and oxygen atoms in total.